The zero-order chi connectivity index (χ0) is 19.0. The van der Waals surface area contributed by atoms with Crippen molar-refractivity contribution >= 4 is 40.6 Å². The van der Waals surface area contributed by atoms with Crippen molar-refractivity contribution in [3.63, 3.8) is 0 Å². The van der Waals surface area contributed by atoms with Crippen LogP contribution in [0, 0.1) is 0 Å². The molecule has 0 bridgehead atoms. The number of nitrogens with zero attached hydrogens (tertiary/aromatic N) is 3. The molecule has 2 aromatic rings. The van der Waals surface area contributed by atoms with Crippen LogP contribution in [0.25, 0.3) is 5.57 Å². The highest BCUT2D eigenvalue weighted by Gasteiger charge is 2.42. The highest BCUT2D eigenvalue weighted by Crippen LogP contribution is 2.37. The van der Waals surface area contributed by atoms with Crippen molar-refractivity contribution in [2.75, 3.05) is 13.1 Å². The second-order valence-electron chi connectivity index (χ2n) is 6.56. The van der Waals surface area contributed by atoms with Crippen molar-refractivity contribution in [2.45, 2.75) is 19.4 Å². The van der Waals surface area contributed by atoms with E-state index in [1.165, 1.54) is 4.90 Å². The molecule has 1 saturated heterocycles. The summed E-state index contributed by atoms with van der Waals surface area (Å²) in [5.74, 6) is -0.648. The molecule has 7 heteroatoms. The van der Waals surface area contributed by atoms with Crippen LogP contribution in [0.3, 0.4) is 0 Å². The van der Waals surface area contributed by atoms with Crippen molar-refractivity contribution in [2.24, 2.45) is 0 Å². The Labute approximate surface area is 167 Å². The maximum absolute atomic E-state index is 13.2. The van der Waals surface area contributed by atoms with Crippen LogP contribution in [0.2, 0.25) is 10.0 Å². The molecular weight excluding hydrogens is 385 g/mol. The number of likely N-dealkylation sites (tertiary alicyclic amines) is 1. The first-order valence-corrected chi connectivity index (χ1v) is 9.52. The summed E-state index contributed by atoms with van der Waals surface area (Å²) in [5.41, 5.74) is 1.96. The predicted octanol–water partition coefficient (Wildman–Crippen LogP) is 3.76. The van der Waals surface area contributed by atoms with Crippen LogP contribution in [0.4, 0.5) is 0 Å². The topological polar surface area (TPSA) is 53.5 Å². The SMILES string of the molecule is O=C1C(c2ccc(Cl)cc2Cl)=C(N2CCCC2)C(=O)N1Cc1ccccn1. The molecule has 2 aliphatic heterocycles. The van der Waals surface area contributed by atoms with Crippen LogP contribution in [0.1, 0.15) is 24.1 Å². The van der Waals surface area contributed by atoms with E-state index < -0.39 is 0 Å². The van der Waals surface area contributed by atoms with Gasteiger partial charge in [0, 0.05) is 29.9 Å². The fourth-order valence-electron chi connectivity index (χ4n) is 3.53. The van der Waals surface area contributed by atoms with E-state index in [1.807, 2.05) is 11.0 Å². The Morgan fingerprint density at radius 1 is 1.00 bits per heavy atom. The van der Waals surface area contributed by atoms with Crippen LogP contribution in [-0.4, -0.2) is 39.7 Å². The van der Waals surface area contributed by atoms with Gasteiger partial charge in [-0.3, -0.25) is 19.5 Å². The molecule has 1 aromatic heterocycles. The number of carbonyl (C=O) groups is 2. The van der Waals surface area contributed by atoms with Crippen LogP contribution in [0.15, 0.2) is 48.3 Å². The Hall–Kier alpha value is -2.37. The second-order valence-corrected chi connectivity index (χ2v) is 7.40. The number of benzene rings is 1. The molecule has 2 aliphatic rings. The van der Waals surface area contributed by atoms with Gasteiger partial charge in [-0.25, -0.2) is 0 Å². The van der Waals surface area contributed by atoms with Gasteiger partial charge in [-0.1, -0.05) is 35.3 Å². The van der Waals surface area contributed by atoms with Gasteiger partial charge >= 0.3 is 0 Å². The summed E-state index contributed by atoms with van der Waals surface area (Å²) in [5, 5.41) is 0.837. The Balaban J connectivity index is 1.78. The number of hydrogen-bond donors (Lipinski definition) is 0. The molecule has 138 valence electrons. The monoisotopic (exact) mass is 401 g/mol. The van der Waals surface area contributed by atoms with Crippen molar-refractivity contribution in [3.05, 3.63) is 69.6 Å². The average molecular weight is 402 g/mol. The minimum Gasteiger partial charge on any atom is -0.366 e. The van der Waals surface area contributed by atoms with Crippen LogP contribution < -0.4 is 0 Å². The minimum atomic E-state index is -0.350. The summed E-state index contributed by atoms with van der Waals surface area (Å²) in [6.45, 7) is 1.63. The van der Waals surface area contributed by atoms with Gasteiger partial charge in [0.1, 0.15) is 5.70 Å². The third-order valence-electron chi connectivity index (χ3n) is 4.81. The maximum atomic E-state index is 13.2. The number of pyridine rings is 1. The van der Waals surface area contributed by atoms with Crippen molar-refractivity contribution < 1.29 is 9.59 Å². The van der Waals surface area contributed by atoms with Gasteiger partial charge in [-0.15, -0.1) is 0 Å². The van der Waals surface area contributed by atoms with Crippen LogP contribution in [-0.2, 0) is 16.1 Å². The van der Waals surface area contributed by atoms with E-state index in [9.17, 15) is 9.59 Å². The number of rotatable bonds is 4. The zero-order valence-corrected chi connectivity index (χ0v) is 16.0. The Morgan fingerprint density at radius 3 is 2.44 bits per heavy atom. The summed E-state index contributed by atoms with van der Waals surface area (Å²) in [6.07, 6.45) is 3.63. The molecule has 1 fully saturated rings. The highest BCUT2D eigenvalue weighted by atomic mass is 35.5. The van der Waals surface area contributed by atoms with Gasteiger partial charge in [0.2, 0.25) is 0 Å². The molecule has 5 nitrogen and oxygen atoms in total. The summed E-state index contributed by atoms with van der Waals surface area (Å²) in [6, 6.07) is 10.4. The molecule has 27 heavy (non-hydrogen) atoms. The second kappa shape index (κ2) is 7.33. The Bertz CT molecular complexity index is 937. The van der Waals surface area contributed by atoms with E-state index in [0.717, 1.165) is 25.9 Å². The van der Waals surface area contributed by atoms with Crippen molar-refractivity contribution in [1.29, 1.82) is 0 Å². The molecule has 2 amide bonds. The fourth-order valence-corrected chi connectivity index (χ4v) is 4.03. The van der Waals surface area contributed by atoms with Crippen LogP contribution in [0.5, 0.6) is 0 Å². The number of halogens is 2. The molecule has 0 atom stereocenters. The lowest BCUT2D eigenvalue weighted by Gasteiger charge is -2.20. The first-order chi connectivity index (χ1) is 13.1. The van der Waals surface area contributed by atoms with Gasteiger partial charge in [0.15, 0.2) is 0 Å². The normalized spacial score (nSPS) is 17.4. The lowest BCUT2D eigenvalue weighted by molar-refractivity contribution is -0.138. The summed E-state index contributed by atoms with van der Waals surface area (Å²) in [4.78, 5) is 33.9. The third-order valence-corrected chi connectivity index (χ3v) is 5.36. The molecule has 0 spiro atoms. The van der Waals surface area contributed by atoms with Gasteiger partial charge in [-0.2, -0.15) is 0 Å². The molecule has 0 unspecified atom stereocenters. The molecule has 3 heterocycles. The average Bonchev–Trinajstić information content (AvgIpc) is 3.25. The standard InChI is InChI=1S/C20H17Cl2N3O2/c21-13-6-7-15(16(22)11-13)17-18(24-9-3-4-10-24)20(27)25(19(17)26)12-14-5-1-2-8-23-14/h1-2,5-8,11H,3-4,9-10,12H2. The molecule has 0 radical (unpaired) electrons. The number of hydrogen-bond acceptors (Lipinski definition) is 4. The van der Waals surface area contributed by atoms with Crippen molar-refractivity contribution in [1.82, 2.24) is 14.8 Å². The van der Waals surface area contributed by atoms with E-state index in [-0.39, 0.29) is 18.4 Å². The number of imide groups is 1. The first-order valence-electron chi connectivity index (χ1n) is 8.77. The lowest BCUT2D eigenvalue weighted by atomic mass is 10.0. The third kappa shape index (κ3) is 3.33. The summed E-state index contributed by atoms with van der Waals surface area (Å²) in [7, 11) is 0. The number of carbonyl (C=O) groups excluding carboxylic acids is 2. The first kappa shape index (κ1) is 18.0. The van der Waals surface area contributed by atoms with Gasteiger partial charge in [0.25, 0.3) is 11.8 Å². The molecule has 0 saturated carbocycles. The largest absolute Gasteiger partial charge is 0.366 e. The quantitative estimate of drug-likeness (QED) is 0.731. The molecule has 0 aliphatic carbocycles. The smallest absolute Gasteiger partial charge is 0.278 e. The fraction of sp³-hybridized carbons (Fsp3) is 0.250. The minimum absolute atomic E-state index is 0.130. The zero-order valence-electron chi connectivity index (χ0n) is 14.5. The van der Waals surface area contributed by atoms with Crippen molar-refractivity contribution in [3.8, 4) is 0 Å². The lowest BCUT2D eigenvalue weighted by Crippen LogP contribution is -2.34. The van der Waals surface area contributed by atoms with Gasteiger partial charge < -0.3 is 4.90 Å². The van der Waals surface area contributed by atoms with Gasteiger partial charge in [0.05, 0.1) is 22.8 Å². The van der Waals surface area contributed by atoms with Crippen LogP contribution >= 0.6 is 23.2 Å². The highest BCUT2D eigenvalue weighted by molar-refractivity contribution is 6.41. The molecular formula is C20H17Cl2N3O2. The molecule has 1 aromatic carbocycles. The Morgan fingerprint density at radius 2 is 1.78 bits per heavy atom. The Kier molecular flexibility index (Phi) is 4.89. The summed E-state index contributed by atoms with van der Waals surface area (Å²) < 4.78 is 0. The van der Waals surface area contributed by atoms with E-state index in [1.54, 1.807) is 36.5 Å². The summed E-state index contributed by atoms with van der Waals surface area (Å²) >= 11 is 12.4. The van der Waals surface area contributed by atoms with E-state index in [4.69, 9.17) is 23.2 Å². The number of amides is 2. The molecule has 4 rings (SSSR count). The number of aromatic nitrogens is 1. The van der Waals surface area contributed by atoms with E-state index >= 15 is 0 Å². The van der Waals surface area contributed by atoms with E-state index in [2.05, 4.69) is 4.98 Å². The maximum Gasteiger partial charge on any atom is 0.278 e. The molecule has 0 N–H and O–H groups in total. The van der Waals surface area contributed by atoms with Gasteiger partial charge in [-0.05, 0) is 37.1 Å². The van der Waals surface area contributed by atoms with E-state index in [0.29, 0.717) is 32.6 Å². The predicted molar refractivity (Wildman–Crippen MR) is 104 cm³/mol.